The van der Waals surface area contributed by atoms with Crippen LogP contribution in [0.3, 0.4) is 0 Å². The van der Waals surface area contributed by atoms with E-state index in [9.17, 15) is 0 Å². The molecule has 1 aliphatic heterocycles. The van der Waals surface area contributed by atoms with E-state index in [1.54, 1.807) is 0 Å². The summed E-state index contributed by atoms with van der Waals surface area (Å²) in [6.07, 6.45) is 3.04. The molecule has 100 valence electrons. The van der Waals surface area contributed by atoms with Crippen LogP contribution in [0, 0.1) is 0 Å². The zero-order valence-electron chi connectivity index (χ0n) is 11.6. The van der Waals surface area contributed by atoms with Gasteiger partial charge in [-0.15, -0.1) is 0 Å². The summed E-state index contributed by atoms with van der Waals surface area (Å²) < 4.78 is 2.28. The zero-order chi connectivity index (χ0) is 13.2. The van der Waals surface area contributed by atoms with Gasteiger partial charge in [-0.1, -0.05) is 12.1 Å². The second kappa shape index (κ2) is 5.05. The maximum atomic E-state index is 4.49. The van der Waals surface area contributed by atoms with Gasteiger partial charge >= 0.3 is 0 Å². The number of rotatable bonds is 3. The third-order valence-electron chi connectivity index (χ3n) is 3.67. The molecule has 0 saturated carbocycles. The van der Waals surface area contributed by atoms with Crippen LogP contribution >= 0.6 is 0 Å². The van der Waals surface area contributed by atoms with E-state index >= 15 is 0 Å². The summed E-state index contributed by atoms with van der Waals surface area (Å²) in [5.41, 5.74) is 5.15. The molecular formula is C15H20N4. The van der Waals surface area contributed by atoms with Crippen LogP contribution in [0.15, 0.2) is 30.6 Å². The van der Waals surface area contributed by atoms with E-state index in [0.29, 0.717) is 0 Å². The van der Waals surface area contributed by atoms with Crippen molar-refractivity contribution in [1.82, 2.24) is 14.9 Å². The lowest BCUT2D eigenvalue weighted by Gasteiger charge is -2.16. The molecule has 0 fully saturated rings. The van der Waals surface area contributed by atoms with Crippen LogP contribution in [0.1, 0.15) is 17.0 Å². The second-order valence-electron chi connectivity index (χ2n) is 5.25. The van der Waals surface area contributed by atoms with Gasteiger partial charge in [0.2, 0.25) is 0 Å². The van der Waals surface area contributed by atoms with Crippen LogP contribution in [0.4, 0.5) is 5.69 Å². The van der Waals surface area contributed by atoms with E-state index in [2.05, 4.69) is 58.1 Å². The zero-order valence-corrected chi connectivity index (χ0v) is 11.6. The molecule has 1 aliphatic rings. The highest BCUT2D eigenvalue weighted by molar-refractivity contribution is 5.46. The largest absolute Gasteiger partial charge is 0.378 e. The van der Waals surface area contributed by atoms with Gasteiger partial charge in [-0.05, 0) is 17.7 Å². The highest BCUT2D eigenvalue weighted by Gasteiger charge is 2.14. The number of hydrogen-bond donors (Lipinski definition) is 1. The van der Waals surface area contributed by atoms with Gasteiger partial charge in [0.15, 0.2) is 0 Å². The fourth-order valence-electron chi connectivity index (χ4n) is 2.53. The van der Waals surface area contributed by atoms with Gasteiger partial charge in [0, 0.05) is 51.5 Å². The lowest BCUT2D eigenvalue weighted by Crippen LogP contribution is -2.25. The lowest BCUT2D eigenvalue weighted by atomic mass is 10.1. The fraction of sp³-hybridized carbons (Fsp3) is 0.400. The molecule has 0 aliphatic carbocycles. The Balaban J connectivity index is 1.79. The van der Waals surface area contributed by atoms with E-state index in [4.69, 9.17) is 0 Å². The molecule has 0 unspecified atom stereocenters. The second-order valence-corrected chi connectivity index (χ2v) is 5.25. The molecule has 0 amide bonds. The van der Waals surface area contributed by atoms with Crippen molar-refractivity contribution in [2.45, 2.75) is 19.5 Å². The number of imidazole rings is 1. The molecule has 1 aromatic carbocycles. The Morgan fingerprint density at radius 1 is 1.26 bits per heavy atom. The number of fused-ring (bicyclic) bond motifs is 1. The van der Waals surface area contributed by atoms with Crippen LogP contribution < -0.4 is 10.2 Å². The molecule has 0 saturated heterocycles. The summed E-state index contributed by atoms with van der Waals surface area (Å²) in [6, 6.07) is 8.73. The van der Waals surface area contributed by atoms with Crippen molar-refractivity contribution >= 4 is 5.69 Å². The van der Waals surface area contributed by atoms with E-state index in [0.717, 1.165) is 26.1 Å². The first-order valence-corrected chi connectivity index (χ1v) is 6.74. The molecule has 3 rings (SSSR count). The van der Waals surface area contributed by atoms with Crippen LogP contribution in [-0.2, 0) is 19.5 Å². The molecule has 0 bridgehead atoms. The molecule has 19 heavy (non-hydrogen) atoms. The van der Waals surface area contributed by atoms with E-state index in [1.165, 1.54) is 22.6 Å². The first kappa shape index (κ1) is 12.2. The summed E-state index contributed by atoms with van der Waals surface area (Å²) in [4.78, 5) is 6.61. The number of nitrogens with one attached hydrogen (secondary N) is 1. The topological polar surface area (TPSA) is 33.1 Å². The minimum absolute atomic E-state index is 0.905. The quantitative estimate of drug-likeness (QED) is 0.906. The first-order chi connectivity index (χ1) is 9.24. The highest BCUT2D eigenvalue weighted by Crippen LogP contribution is 2.16. The van der Waals surface area contributed by atoms with Crippen molar-refractivity contribution in [3.8, 4) is 0 Å². The Kier molecular flexibility index (Phi) is 3.25. The van der Waals surface area contributed by atoms with Gasteiger partial charge < -0.3 is 14.8 Å². The van der Waals surface area contributed by atoms with Gasteiger partial charge in [0.1, 0.15) is 0 Å². The molecule has 4 heteroatoms. The monoisotopic (exact) mass is 256 g/mol. The number of anilines is 1. The summed E-state index contributed by atoms with van der Waals surface area (Å²) in [5, 5.41) is 3.36. The van der Waals surface area contributed by atoms with E-state index in [-0.39, 0.29) is 0 Å². The molecule has 0 radical (unpaired) electrons. The van der Waals surface area contributed by atoms with Crippen molar-refractivity contribution in [1.29, 1.82) is 0 Å². The van der Waals surface area contributed by atoms with Gasteiger partial charge in [-0.25, -0.2) is 4.98 Å². The van der Waals surface area contributed by atoms with Gasteiger partial charge in [-0.2, -0.15) is 0 Å². The van der Waals surface area contributed by atoms with Crippen LogP contribution in [0.5, 0.6) is 0 Å². The van der Waals surface area contributed by atoms with Crippen molar-refractivity contribution in [2.24, 2.45) is 0 Å². The number of benzene rings is 1. The van der Waals surface area contributed by atoms with Crippen molar-refractivity contribution < 1.29 is 0 Å². The average Bonchev–Trinajstić information content (AvgIpc) is 2.83. The number of nitrogens with zero attached hydrogens (tertiary/aromatic N) is 3. The Hall–Kier alpha value is -1.81. The third kappa shape index (κ3) is 2.49. The molecule has 0 spiro atoms. The summed E-state index contributed by atoms with van der Waals surface area (Å²) in [6.45, 7) is 2.87. The molecular weight excluding hydrogens is 236 g/mol. The van der Waals surface area contributed by atoms with Gasteiger partial charge in [-0.3, -0.25) is 0 Å². The van der Waals surface area contributed by atoms with E-state index in [1.807, 2.05) is 6.33 Å². The molecule has 1 aromatic heterocycles. The molecule has 1 N–H and O–H groups in total. The summed E-state index contributed by atoms with van der Waals surface area (Å²) in [5.74, 6) is 0. The smallest absolute Gasteiger partial charge is 0.0955 e. The van der Waals surface area contributed by atoms with Gasteiger partial charge in [0.05, 0.1) is 12.0 Å². The SMILES string of the molecule is CN(C)c1ccc(Cn2cnc3c2CCNC3)cc1. The lowest BCUT2D eigenvalue weighted by molar-refractivity contribution is 0.602. The Bertz CT molecular complexity index is 554. The van der Waals surface area contributed by atoms with Crippen molar-refractivity contribution in [2.75, 3.05) is 25.5 Å². The Morgan fingerprint density at radius 3 is 2.79 bits per heavy atom. The number of hydrogen-bond acceptors (Lipinski definition) is 3. The van der Waals surface area contributed by atoms with Crippen molar-refractivity contribution in [3.05, 3.63) is 47.5 Å². The standard InChI is InChI=1S/C15H20N4/c1-18(2)13-5-3-12(4-6-13)10-19-11-17-14-9-16-8-7-15(14)19/h3-6,11,16H,7-10H2,1-2H3. The van der Waals surface area contributed by atoms with Crippen LogP contribution in [0.25, 0.3) is 0 Å². The molecule has 4 nitrogen and oxygen atoms in total. The van der Waals surface area contributed by atoms with Crippen molar-refractivity contribution in [3.63, 3.8) is 0 Å². The number of aromatic nitrogens is 2. The maximum absolute atomic E-state index is 4.49. The molecule has 0 atom stereocenters. The summed E-state index contributed by atoms with van der Waals surface area (Å²) >= 11 is 0. The highest BCUT2D eigenvalue weighted by atomic mass is 15.1. The van der Waals surface area contributed by atoms with Crippen LogP contribution in [-0.4, -0.2) is 30.2 Å². The molecule has 2 heterocycles. The Labute approximate surface area is 114 Å². The van der Waals surface area contributed by atoms with Crippen LogP contribution in [0.2, 0.25) is 0 Å². The fourth-order valence-corrected chi connectivity index (χ4v) is 2.53. The normalized spacial score (nSPS) is 14.2. The predicted molar refractivity (Wildman–Crippen MR) is 77.5 cm³/mol. The maximum Gasteiger partial charge on any atom is 0.0955 e. The van der Waals surface area contributed by atoms with Gasteiger partial charge in [0.25, 0.3) is 0 Å². The van der Waals surface area contributed by atoms with E-state index < -0.39 is 0 Å². The minimum Gasteiger partial charge on any atom is -0.378 e. The molecule has 2 aromatic rings. The first-order valence-electron chi connectivity index (χ1n) is 6.74. The minimum atomic E-state index is 0.905. The predicted octanol–water partition coefficient (Wildman–Crippen LogP) is 1.64. The average molecular weight is 256 g/mol. The summed E-state index contributed by atoms with van der Waals surface area (Å²) in [7, 11) is 4.13. The Morgan fingerprint density at radius 2 is 2.05 bits per heavy atom. The third-order valence-corrected chi connectivity index (χ3v) is 3.67.